The first-order valence-corrected chi connectivity index (χ1v) is 6.79. The second-order valence-electron chi connectivity index (χ2n) is 5.10. The van der Waals surface area contributed by atoms with E-state index in [2.05, 4.69) is 5.32 Å². The molecule has 1 amide bonds. The van der Waals surface area contributed by atoms with E-state index in [0.717, 1.165) is 16.9 Å². The van der Waals surface area contributed by atoms with Crippen LogP contribution in [0.2, 0.25) is 0 Å². The molecule has 0 bridgehead atoms. The number of ether oxygens (including phenoxy) is 1. The number of hydrogen-bond acceptors (Lipinski definition) is 3. The number of rotatable bonds is 5. The molecule has 3 N–H and O–H groups in total. The van der Waals surface area contributed by atoms with Gasteiger partial charge in [0.1, 0.15) is 11.3 Å². The van der Waals surface area contributed by atoms with Gasteiger partial charge in [0.2, 0.25) is 5.91 Å². The maximum Gasteiger partial charge on any atom is 0.244 e. The van der Waals surface area contributed by atoms with Crippen molar-refractivity contribution in [2.24, 2.45) is 5.73 Å². The Bertz CT molecular complexity index is 592. The average molecular weight is 284 g/mol. The summed E-state index contributed by atoms with van der Waals surface area (Å²) in [7, 11) is 1.62. The van der Waals surface area contributed by atoms with Crippen LogP contribution in [0.4, 0.5) is 0 Å². The van der Waals surface area contributed by atoms with Gasteiger partial charge < -0.3 is 15.8 Å². The van der Waals surface area contributed by atoms with E-state index in [4.69, 9.17) is 10.5 Å². The molecule has 0 aliphatic rings. The van der Waals surface area contributed by atoms with Crippen molar-refractivity contribution in [1.29, 1.82) is 0 Å². The fourth-order valence-electron chi connectivity index (χ4n) is 2.02. The Labute approximate surface area is 124 Å². The normalized spacial score (nSPS) is 13.3. The number of nitrogens with one attached hydrogen (secondary N) is 1. The highest BCUT2D eigenvalue weighted by atomic mass is 16.5. The van der Waals surface area contributed by atoms with Crippen LogP contribution in [0.5, 0.6) is 5.75 Å². The summed E-state index contributed by atoms with van der Waals surface area (Å²) in [6.07, 6.45) is 0. The summed E-state index contributed by atoms with van der Waals surface area (Å²) in [4.78, 5) is 12.3. The zero-order valence-electron chi connectivity index (χ0n) is 12.3. The van der Waals surface area contributed by atoms with Crippen LogP contribution in [0.25, 0.3) is 0 Å². The van der Waals surface area contributed by atoms with Crippen LogP contribution in [0.3, 0.4) is 0 Å². The first kappa shape index (κ1) is 15.1. The molecule has 0 saturated heterocycles. The summed E-state index contributed by atoms with van der Waals surface area (Å²) in [5, 5.41) is 2.87. The van der Waals surface area contributed by atoms with Gasteiger partial charge in [-0.1, -0.05) is 42.5 Å². The van der Waals surface area contributed by atoms with Gasteiger partial charge >= 0.3 is 0 Å². The molecule has 4 nitrogen and oxygen atoms in total. The monoisotopic (exact) mass is 284 g/mol. The number of hydrogen-bond donors (Lipinski definition) is 2. The molecule has 2 rings (SSSR count). The second-order valence-corrected chi connectivity index (χ2v) is 5.10. The van der Waals surface area contributed by atoms with Crippen LogP contribution in [0, 0.1) is 0 Å². The minimum Gasteiger partial charge on any atom is -0.497 e. The summed E-state index contributed by atoms with van der Waals surface area (Å²) < 4.78 is 5.10. The lowest BCUT2D eigenvalue weighted by Gasteiger charge is -2.24. The highest BCUT2D eigenvalue weighted by Crippen LogP contribution is 2.18. The molecular weight excluding hydrogens is 264 g/mol. The third kappa shape index (κ3) is 3.61. The van der Waals surface area contributed by atoms with Crippen LogP contribution in [0.1, 0.15) is 18.1 Å². The van der Waals surface area contributed by atoms with Crippen molar-refractivity contribution in [2.75, 3.05) is 7.11 Å². The van der Waals surface area contributed by atoms with Crippen molar-refractivity contribution in [3.63, 3.8) is 0 Å². The van der Waals surface area contributed by atoms with Crippen LogP contribution in [-0.4, -0.2) is 13.0 Å². The quantitative estimate of drug-likeness (QED) is 0.884. The van der Waals surface area contributed by atoms with Crippen molar-refractivity contribution >= 4 is 5.91 Å². The third-order valence-corrected chi connectivity index (χ3v) is 3.46. The van der Waals surface area contributed by atoms with Crippen molar-refractivity contribution in [1.82, 2.24) is 5.32 Å². The second kappa shape index (κ2) is 6.41. The Balaban J connectivity index is 2.00. The first-order valence-electron chi connectivity index (χ1n) is 6.79. The molecule has 0 aliphatic heterocycles. The SMILES string of the molecule is COc1ccc(CNC(=O)C(C)(N)c2ccccc2)cc1. The average Bonchev–Trinajstić information content (AvgIpc) is 2.53. The zero-order chi connectivity index (χ0) is 15.3. The Morgan fingerprint density at radius 2 is 1.76 bits per heavy atom. The van der Waals surface area contributed by atoms with E-state index < -0.39 is 5.54 Å². The molecule has 0 fully saturated rings. The lowest BCUT2D eigenvalue weighted by molar-refractivity contribution is -0.126. The van der Waals surface area contributed by atoms with Crippen LogP contribution < -0.4 is 15.8 Å². The van der Waals surface area contributed by atoms with E-state index >= 15 is 0 Å². The van der Waals surface area contributed by atoms with Crippen LogP contribution in [0.15, 0.2) is 54.6 Å². The summed E-state index contributed by atoms with van der Waals surface area (Å²) >= 11 is 0. The van der Waals surface area contributed by atoms with Gasteiger partial charge in [0.15, 0.2) is 0 Å². The molecule has 2 aromatic carbocycles. The highest BCUT2D eigenvalue weighted by molar-refractivity contribution is 5.86. The number of benzene rings is 2. The van der Waals surface area contributed by atoms with Crippen LogP contribution in [-0.2, 0) is 16.9 Å². The molecule has 0 heterocycles. The molecular formula is C17H20N2O2. The summed E-state index contributed by atoms with van der Waals surface area (Å²) in [6.45, 7) is 2.15. The minimum absolute atomic E-state index is 0.204. The topological polar surface area (TPSA) is 64.3 Å². The molecule has 0 radical (unpaired) electrons. The zero-order valence-corrected chi connectivity index (χ0v) is 12.3. The van der Waals surface area contributed by atoms with Gasteiger partial charge in [0, 0.05) is 6.54 Å². The number of carbonyl (C=O) groups excluding carboxylic acids is 1. The van der Waals surface area contributed by atoms with Gasteiger partial charge in [0.05, 0.1) is 7.11 Å². The number of carbonyl (C=O) groups is 1. The molecule has 0 saturated carbocycles. The molecule has 2 aromatic rings. The van der Waals surface area contributed by atoms with Gasteiger partial charge in [-0.05, 0) is 30.2 Å². The number of amides is 1. The molecule has 0 aromatic heterocycles. The highest BCUT2D eigenvalue weighted by Gasteiger charge is 2.29. The Morgan fingerprint density at radius 1 is 1.14 bits per heavy atom. The molecule has 4 heteroatoms. The van der Waals surface area contributed by atoms with E-state index in [9.17, 15) is 4.79 Å². The first-order chi connectivity index (χ1) is 10.0. The maximum atomic E-state index is 12.3. The van der Waals surface area contributed by atoms with Crippen molar-refractivity contribution in [3.8, 4) is 5.75 Å². The molecule has 1 unspecified atom stereocenters. The fraction of sp³-hybridized carbons (Fsp3) is 0.235. The minimum atomic E-state index is -1.05. The van der Waals surface area contributed by atoms with E-state index in [-0.39, 0.29) is 5.91 Å². The summed E-state index contributed by atoms with van der Waals surface area (Å²) in [5.74, 6) is 0.586. The Kier molecular flexibility index (Phi) is 4.60. The van der Waals surface area contributed by atoms with E-state index in [1.807, 2.05) is 54.6 Å². The van der Waals surface area contributed by atoms with E-state index in [1.54, 1.807) is 14.0 Å². The van der Waals surface area contributed by atoms with Gasteiger partial charge in [-0.2, -0.15) is 0 Å². The van der Waals surface area contributed by atoms with Gasteiger partial charge in [-0.3, -0.25) is 4.79 Å². The third-order valence-electron chi connectivity index (χ3n) is 3.46. The Hall–Kier alpha value is -2.33. The number of nitrogens with two attached hydrogens (primary N) is 1. The lowest BCUT2D eigenvalue weighted by Crippen LogP contribution is -2.48. The molecule has 0 spiro atoms. The predicted molar refractivity (Wildman–Crippen MR) is 82.8 cm³/mol. The molecule has 1 atom stereocenters. The van der Waals surface area contributed by atoms with Crippen molar-refractivity contribution < 1.29 is 9.53 Å². The van der Waals surface area contributed by atoms with E-state index in [1.165, 1.54) is 0 Å². The lowest BCUT2D eigenvalue weighted by atomic mass is 9.92. The predicted octanol–water partition coefficient (Wildman–Crippen LogP) is 2.19. The molecule has 110 valence electrons. The van der Waals surface area contributed by atoms with Gasteiger partial charge in [0.25, 0.3) is 0 Å². The summed E-state index contributed by atoms with van der Waals surface area (Å²) in [5.41, 5.74) is 6.89. The van der Waals surface area contributed by atoms with Gasteiger partial charge in [-0.25, -0.2) is 0 Å². The van der Waals surface area contributed by atoms with Crippen molar-refractivity contribution in [2.45, 2.75) is 19.0 Å². The smallest absolute Gasteiger partial charge is 0.244 e. The standard InChI is InChI=1S/C17H20N2O2/c1-17(18,14-6-4-3-5-7-14)16(20)19-12-13-8-10-15(21-2)11-9-13/h3-11H,12,18H2,1-2H3,(H,19,20). The molecule has 0 aliphatic carbocycles. The van der Waals surface area contributed by atoms with E-state index in [0.29, 0.717) is 6.54 Å². The summed E-state index contributed by atoms with van der Waals surface area (Å²) in [6, 6.07) is 16.9. The van der Waals surface area contributed by atoms with Crippen molar-refractivity contribution in [3.05, 3.63) is 65.7 Å². The Morgan fingerprint density at radius 3 is 2.33 bits per heavy atom. The van der Waals surface area contributed by atoms with Crippen LogP contribution >= 0.6 is 0 Å². The van der Waals surface area contributed by atoms with Gasteiger partial charge in [-0.15, -0.1) is 0 Å². The largest absolute Gasteiger partial charge is 0.497 e. The maximum absolute atomic E-state index is 12.3. The number of methoxy groups -OCH3 is 1. The fourth-order valence-corrected chi connectivity index (χ4v) is 2.02. The molecule has 21 heavy (non-hydrogen) atoms.